The zero-order valence-corrected chi connectivity index (χ0v) is 14.6. The van der Waals surface area contributed by atoms with Gasteiger partial charge in [0.15, 0.2) is 0 Å². The molecule has 0 saturated carbocycles. The van der Waals surface area contributed by atoms with Crippen LogP contribution >= 0.6 is 0 Å². The second kappa shape index (κ2) is 7.97. The van der Waals surface area contributed by atoms with E-state index in [-0.39, 0.29) is 17.6 Å². The Labute approximate surface area is 152 Å². The van der Waals surface area contributed by atoms with Crippen molar-refractivity contribution in [2.75, 3.05) is 25.5 Å². The van der Waals surface area contributed by atoms with Crippen LogP contribution in [0.2, 0.25) is 0 Å². The summed E-state index contributed by atoms with van der Waals surface area (Å²) in [5.41, 5.74) is 1.29. The minimum absolute atomic E-state index is 0.111. The lowest BCUT2D eigenvalue weighted by Crippen LogP contribution is -2.43. The Hall–Kier alpha value is -2.93. The second-order valence-electron chi connectivity index (χ2n) is 6.53. The van der Waals surface area contributed by atoms with Crippen molar-refractivity contribution in [1.29, 1.82) is 0 Å². The molecular formula is C19H22N4O3. The van der Waals surface area contributed by atoms with Crippen molar-refractivity contribution in [3.8, 4) is 0 Å². The number of rotatable bonds is 5. The van der Waals surface area contributed by atoms with Crippen LogP contribution in [0.15, 0.2) is 48.5 Å². The number of nitrogens with one attached hydrogen (secondary N) is 2. The van der Waals surface area contributed by atoms with Crippen LogP contribution < -0.4 is 10.6 Å². The number of carbonyl (C=O) groups is 1. The lowest BCUT2D eigenvalue weighted by Gasteiger charge is -2.29. The number of likely N-dealkylation sites (tertiary alicyclic amines) is 1. The molecule has 0 spiro atoms. The van der Waals surface area contributed by atoms with Gasteiger partial charge in [-0.05, 0) is 57.2 Å². The predicted molar refractivity (Wildman–Crippen MR) is 101 cm³/mol. The van der Waals surface area contributed by atoms with Crippen LogP contribution in [0.1, 0.15) is 23.2 Å². The minimum atomic E-state index is -0.475. The van der Waals surface area contributed by atoms with Crippen molar-refractivity contribution in [3.63, 3.8) is 0 Å². The number of piperidine rings is 1. The highest BCUT2D eigenvalue weighted by atomic mass is 16.6. The van der Waals surface area contributed by atoms with Crippen LogP contribution in [-0.2, 0) is 0 Å². The topological polar surface area (TPSA) is 87.5 Å². The lowest BCUT2D eigenvalue weighted by molar-refractivity contribution is -0.383. The molecule has 3 rings (SSSR count). The van der Waals surface area contributed by atoms with Crippen molar-refractivity contribution >= 4 is 23.0 Å². The SMILES string of the molecule is CN1CCC(NC(=O)c2ccc(Nc3ccccc3)c([N+](=O)[O-])c2)CC1. The largest absolute Gasteiger partial charge is 0.350 e. The molecule has 2 aromatic carbocycles. The third-order valence-corrected chi connectivity index (χ3v) is 4.56. The number of hydrogen-bond acceptors (Lipinski definition) is 5. The molecule has 1 aliphatic rings. The zero-order valence-electron chi connectivity index (χ0n) is 14.6. The summed E-state index contributed by atoms with van der Waals surface area (Å²) in [5, 5.41) is 17.5. The van der Waals surface area contributed by atoms with Crippen molar-refractivity contribution in [1.82, 2.24) is 10.2 Å². The molecule has 2 N–H and O–H groups in total. The van der Waals surface area contributed by atoms with E-state index in [9.17, 15) is 14.9 Å². The van der Waals surface area contributed by atoms with E-state index < -0.39 is 4.92 Å². The van der Waals surface area contributed by atoms with E-state index in [4.69, 9.17) is 0 Å². The maximum atomic E-state index is 12.5. The highest BCUT2D eigenvalue weighted by Gasteiger charge is 2.22. The number of nitrogens with zero attached hydrogens (tertiary/aromatic N) is 2. The Morgan fingerprint density at radius 2 is 1.85 bits per heavy atom. The maximum absolute atomic E-state index is 12.5. The minimum Gasteiger partial charge on any atom is -0.350 e. The quantitative estimate of drug-likeness (QED) is 0.636. The Bertz CT molecular complexity index is 787. The molecule has 7 nitrogen and oxygen atoms in total. The molecule has 0 aromatic heterocycles. The van der Waals surface area contributed by atoms with Crippen LogP contribution in [0.5, 0.6) is 0 Å². The zero-order chi connectivity index (χ0) is 18.5. The monoisotopic (exact) mass is 354 g/mol. The number of nitro groups is 1. The van der Waals surface area contributed by atoms with Crippen LogP contribution in [0.25, 0.3) is 0 Å². The predicted octanol–water partition coefficient (Wildman–Crippen LogP) is 3.16. The smallest absolute Gasteiger partial charge is 0.293 e. The molecule has 1 saturated heterocycles. The molecule has 0 radical (unpaired) electrons. The van der Waals surface area contributed by atoms with E-state index in [1.807, 2.05) is 30.3 Å². The van der Waals surface area contributed by atoms with Crippen molar-refractivity contribution in [3.05, 3.63) is 64.2 Å². The molecule has 7 heteroatoms. The van der Waals surface area contributed by atoms with Gasteiger partial charge in [-0.25, -0.2) is 0 Å². The van der Waals surface area contributed by atoms with Gasteiger partial charge in [-0.2, -0.15) is 0 Å². The third-order valence-electron chi connectivity index (χ3n) is 4.56. The molecule has 1 aliphatic heterocycles. The Balaban J connectivity index is 1.75. The number of nitro benzene ring substituents is 1. The third kappa shape index (κ3) is 4.37. The molecule has 1 amide bonds. The Kier molecular flexibility index (Phi) is 5.48. The average Bonchev–Trinajstić information content (AvgIpc) is 2.64. The second-order valence-corrected chi connectivity index (χ2v) is 6.53. The lowest BCUT2D eigenvalue weighted by atomic mass is 10.0. The van der Waals surface area contributed by atoms with Gasteiger partial charge in [0.1, 0.15) is 5.69 Å². The first-order chi connectivity index (χ1) is 12.5. The van der Waals surface area contributed by atoms with Crippen LogP contribution in [0.3, 0.4) is 0 Å². The van der Waals surface area contributed by atoms with E-state index in [0.29, 0.717) is 11.3 Å². The number of hydrogen-bond donors (Lipinski definition) is 2. The van der Waals surface area contributed by atoms with Gasteiger partial charge in [0.05, 0.1) is 4.92 Å². The van der Waals surface area contributed by atoms with E-state index in [0.717, 1.165) is 31.6 Å². The molecular weight excluding hydrogens is 332 g/mol. The van der Waals surface area contributed by atoms with Crippen LogP contribution in [-0.4, -0.2) is 41.9 Å². The number of benzene rings is 2. The highest BCUT2D eigenvalue weighted by Crippen LogP contribution is 2.28. The van der Waals surface area contributed by atoms with E-state index in [1.54, 1.807) is 12.1 Å². The van der Waals surface area contributed by atoms with Gasteiger partial charge in [0, 0.05) is 23.4 Å². The van der Waals surface area contributed by atoms with E-state index >= 15 is 0 Å². The van der Waals surface area contributed by atoms with Gasteiger partial charge in [0.25, 0.3) is 11.6 Å². The molecule has 1 heterocycles. The Morgan fingerprint density at radius 3 is 2.50 bits per heavy atom. The summed E-state index contributed by atoms with van der Waals surface area (Å²) in [4.78, 5) is 25.7. The normalized spacial score (nSPS) is 15.4. The summed E-state index contributed by atoms with van der Waals surface area (Å²) in [7, 11) is 2.06. The number of amides is 1. The summed E-state index contributed by atoms with van der Waals surface area (Å²) in [6.07, 6.45) is 1.77. The highest BCUT2D eigenvalue weighted by molar-refractivity contribution is 5.96. The standard InChI is InChI=1S/C19H22N4O3/c1-22-11-9-16(10-12-22)21-19(24)14-7-8-17(18(13-14)23(25)26)20-15-5-3-2-4-6-15/h2-8,13,16,20H,9-12H2,1H3,(H,21,24). The first-order valence-corrected chi connectivity index (χ1v) is 8.63. The van der Waals surface area contributed by atoms with Gasteiger partial charge >= 0.3 is 0 Å². The van der Waals surface area contributed by atoms with Crippen molar-refractivity contribution < 1.29 is 9.72 Å². The number of para-hydroxylation sites is 1. The molecule has 0 unspecified atom stereocenters. The first-order valence-electron chi connectivity index (χ1n) is 8.63. The average molecular weight is 354 g/mol. The number of carbonyl (C=O) groups excluding carboxylic acids is 1. The summed E-state index contributed by atoms with van der Waals surface area (Å²) in [5.74, 6) is -0.270. The Morgan fingerprint density at radius 1 is 1.15 bits per heavy atom. The number of anilines is 2. The molecule has 2 aromatic rings. The summed E-state index contributed by atoms with van der Waals surface area (Å²) < 4.78 is 0. The fourth-order valence-electron chi connectivity index (χ4n) is 3.03. The van der Waals surface area contributed by atoms with Crippen molar-refractivity contribution in [2.24, 2.45) is 0 Å². The first kappa shape index (κ1) is 17.9. The van der Waals surface area contributed by atoms with E-state index in [2.05, 4.69) is 22.6 Å². The van der Waals surface area contributed by atoms with Crippen LogP contribution in [0, 0.1) is 10.1 Å². The maximum Gasteiger partial charge on any atom is 0.293 e. The molecule has 0 bridgehead atoms. The molecule has 0 aliphatic carbocycles. The summed E-state index contributed by atoms with van der Waals surface area (Å²) in [6, 6.07) is 13.8. The van der Waals surface area contributed by atoms with Gasteiger partial charge in [-0.15, -0.1) is 0 Å². The molecule has 1 fully saturated rings. The van der Waals surface area contributed by atoms with Crippen LogP contribution in [0.4, 0.5) is 17.1 Å². The van der Waals surface area contributed by atoms with Gasteiger partial charge < -0.3 is 15.5 Å². The van der Waals surface area contributed by atoms with Gasteiger partial charge in [0.2, 0.25) is 0 Å². The fourth-order valence-corrected chi connectivity index (χ4v) is 3.03. The molecule has 26 heavy (non-hydrogen) atoms. The summed E-state index contributed by atoms with van der Waals surface area (Å²) >= 11 is 0. The fraction of sp³-hybridized carbons (Fsp3) is 0.316. The summed E-state index contributed by atoms with van der Waals surface area (Å²) in [6.45, 7) is 1.87. The van der Waals surface area contributed by atoms with E-state index in [1.165, 1.54) is 6.07 Å². The molecule has 136 valence electrons. The van der Waals surface area contributed by atoms with Crippen molar-refractivity contribution in [2.45, 2.75) is 18.9 Å². The van der Waals surface area contributed by atoms with Gasteiger partial charge in [-0.3, -0.25) is 14.9 Å². The van der Waals surface area contributed by atoms with Gasteiger partial charge in [-0.1, -0.05) is 18.2 Å². The molecule has 0 atom stereocenters.